The van der Waals surface area contributed by atoms with Crippen LogP contribution >= 0.6 is 11.8 Å². The third-order valence-electron chi connectivity index (χ3n) is 0.860. The molecule has 0 bridgehead atoms. The van der Waals surface area contributed by atoms with E-state index in [1.54, 1.807) is 6.92 Å². The number of hydrogen-bond donors (Lipinski definition) is 2. The van der Waals surface area contributed by atoms with Gasteiger partial charge in [0.1, 0.15) is 0 Å². The molecule has 0 radical (unpaired) electrons. The first-order valence-corrected chi connectivity index (χ1v) is 5.47. The molecular formula is C5H10N2O2S2. The normalized spacial score (nSPS) is 12.1. The fraction of sp³-hybridized carbons (Fsp3) is 0.400. The monoisotopic (exact) mass is 194 g/mol. The van der Waals surface area contributed by atoms with E-state index in [1.165, 1.54) is 5.41 Å². The maximum absolute atomic E-state index is 10.8. The highest BCUT2D eigenvalue weighted by atomic mass is 32.2. The lowest BCUT2D eigenvalue weighted by atomic mass is 11.0. The Morgan fingerprint density at radius 2 is 2.27 bits per heavy atom. The van der Waals surface area contributed by atoms with Gasteiger partial charge in [-0.15, -0.1) is 0 Å². The highest BCUT2D eigenvalue weighted by Crippen LogP contribution is 2.02. The first kappa shape index (κ1) is 10.5. The smallest absolute Gasteiger partial charge is 0.171 e. The van der Waals surface area contributed by atoms with Gasteiger partial charge in [0, 0.05) is 5.41 Å². The molecule has 0 fully saturated rings. The van der Waals surface area contributed by atoms with Crippen molar-refractivity contribution in [3.8, 4) is 0 Å². The summed E-state index contributed by atoms with van der Waals surface area (Å²) in [6.45, 7) is 1.55. The number of rotatable bonds is 3. The lowest BCUT2D eigenvalue weighted by Crippen LogP contribution is -2.02. The second kappa shape index (κ2) is 4.40. The average molecular weight is 194 g/mol. The molecule has 0 aromatic rings. The van der Waals surface area contributed by atoms with E-state index in [0.29, 0.717) is 0 Å². The van der Waals surface area contributed by atoms with Gasteiger partial charge in [0.25, 0.3) is 0 Å². The van der Waals surface area contributed by atoms with Gasteiger partial charge in [-0.2, -0.15) is 0 Å². The third-order valence-corrected chi connectivity index (χ3v) is 2.91. The van der Waals surface area contributed by atoms with Crippen LogP contribution in [0.1, 0.15) is 6.92 Å². The molecule has 0 unspecified atom stereocenters. The van der Waals surface area contributed by atoms with E-state index in [0.717, 1.165) is 17.2 Å². The van der Waals surface area contributed by atoms with Gasteiger partial charge in [-0.1, -0.05) is 18.7 Å². The number of sulfone groups is 1. The largest absolute Gasteiger partial charge is 0.378 e. The maximum Gasteiger partial charge on any atom is 0.171 e. The Labute approximate surface area is 70.3 Å². The molecular weight excluding hydrogens is 184 g/mol. The molecule has 0 rings (SSSR count). The number of nitrogens with one attached hydrogen (secondary N) is 1. The fourth-order valence-electron chi connectivity index (χ4n) is 0.282. The second-order valence-corrected chi connectivity index (χ2v) is 4.83. The molecule has 0 spiro atoms. The predicted octanol–water partition coefficient (Wildman–Crippen LogP) is 0.519. The first-order valence-electron chi connectivity index (χ1n) is 2.88. The van der Waals surface area contributed by atoms with Crippen molar-refractivity contribution in [2.45, 2.75) is 6.92 Å². The van der Waals surface area contributed by atoms with Crippen LogP contribution in [0.4, 0.5) is 0 Å². The molecule has 0 aromatic heterocycles. The van der Waals surface area contributed by atoms with Crippen LogP contribution in [0.3, 0.4) is 0 Å². The molecule has 0 heterocycles. The summed E-state index contributed by atoms with van der Waals surface area (Å²) >= 11 is 0.875. The van der Waals surface area contributed by atoms with Gasteiger partial charge in [0.05, 0.1) is 5.75 Å². The van der Waals surface area contributed by atoms with Crippen molar-refractivity contribution in [1.29, 1.82) is 5.41 Å². The molecule has 6 heteroatoms. The molecule has 3 N–H and O–H groups in total. The molecule has 4 nitrogen and oxygen atoms in total. The molecule has 64 valence electrons. The Morgan fingerprint density at radius 1 is 1.73 bits per heavy atom. The summed E-state index contributed by atoms with van der Waals surface area (Å²) < 4.78 is 21.5. The van der Waals surface area contributed by atoms with E-state index in [-0.39, 0.29) is 10.9 Å². The summed E-state index contributed by atoms with van der Waals surface area (Å²) in [4.78, 5) is 0. The molecule has 0 aliphatic rings. The zero-order valence-corrected chi connectivity index (χ0v) is 7.71. The highest BCUT2D eigenvalue weighted by molar-refractivity contribution is 8.16. The van der Waals surface area contributed by atoms with Gasteiger partial charge >= 0.3 is 0 Å². The molecule has 0 saturated carbocycles. The van der Waals surface area contributed by atoms with E-state index in [9.17, 15) is 8.42 Å². The summed E-state index contributed by atoms with van der Waals surface area (Å²) in [5, 5.41) is 8.98. The van der Waals surface area contributed by atoms with Crippen LogP contribution in [0.5, 0.6) is 0 Å². The summed E-state index contributed by atoms with van der Waals surface area (Å²) in [7, 11) is -3.07. The van der Waals surface area contributed by atoms with Crippen LogP contribution < -0.4 is 5.73 Å². The second-order valence-electron chi connectivity index (χ2n) is 1.71. The minimum Gasteiger partial charge on any atom is -0.378 e. The van der Waals surface area contributed by atoms with Gasteiger partial charge < -0.3 is 5.73 Å². The van der Waals surface area contributed by atoms with Crippen LogP contribution in [-0.2, 0) is 9.84 Å². The zero-order valence-electron chi connectivity index (χ0n) is 6.07. The van der Waals surface area contributed by atoms with Crippen molar-refractivity contribution in [3.63, 3.8) is 0 Å². The first-order chi connectivity index (χ1) is 4.98. The van der Waals surface area contributed by atoms with Crippen molar-refractivity contribution in [3.05, 3.63) is 10.8 Å². The van der Waals surface area contributed by atoms with Crippen LogP contribution in [0.2, 0.25) is 0 Å². The molecule has 0 aromatic carbocycles. The highest BCUT2D eigenvalue weighted by Gasteiger charge is 1.99. The van der Waals surface area contributed by atoms with Crippen molar-refractivity contribution >= 4 is 26.8 Å². The van der Waals surface area contributed by atoms with E-state index >= 15 is 0 Å². The quantitative estimate of drug-likeness (QED) is 0.506. The minimum absolute atomic E-state index is 0.0714. The average Bonchev–Trinajstić information content (AvgIpc) is 1.87. The summed E-state index contributed by atoms with van der Waals surface area (Å²) in [6, 6.07) is 0. The van der Waals surface area contributed by atoms with Crippen LogP contribution in [0.25, 0.3) is 0 Å². The summed E-state index contributed by atoms with van der Waals surface area (Å²) in [5.74, 6) is 0.0714. The Morgan fingerprint density at radius 3 is 2.64 bits per heavy atom. The van der Waals surface area contributed by atoms with Gasteiger partial charge in [-0.25, -0.2) is 8.42 Å². The SMILES string of the molecule is CCS(=O)(=O)C=CSC(=N)N. The molecule has 0 aliphatic carbocycles. The molecule has 0 atom stereocenters. The van der Waals surface area contributed by atoms with Crippen molar-refractivity contribution in [1.82, 2.24) is 0 Å². The number of amidine groups is 1. The summed E-state index contributed by atoms with van der Waals surface area (Å²) in [5.41, 5.74) is 4.96. The number of hydrogen-bond acceptors (Lipinski definition) is 4. The fourth-order valence-corrected chi connectivity index (χ4v) is 1.52. The van der Waals surface area contributed by atoms with E-state index < -0.39 is 9.84 Å². The standard InChI is InChI=1S/C5H10N2O2S2/c1-2-11(8,9)4-3-10-5(6)7/h3-4H,2H2,1H3,(H3,6,7). The van der Waals surface area contributed by atoms with Crippen molar-refractivity contribution in [2.24, 2.45) is 5.73 Å². The predicted molar refractivity (Wildman–Crippen MR) is 48.1 cm³/mol. The van der Waals surface area contributed by atoms with Crippen LogP contribution in [0.15, 0.2) is 10.8 Å². The Kier molecular flexibility index (Phi) is 4.20. The lowest BCUT2D eigenvalue weighted by Gasteiger charge is -1.90. The van der Waals surface area contributed by atoms with E-state index in [2.05, 4.69) is 0 Å². The van der Waals surface area contributed by atoms with Crippen molar-refractivity contribution < 1.29 is 8.42 Å². The van der Waals surface area contributed by atoms with Gasteiger partial charge in [0.2, 0.25) is 0 Å². The summed E-state index contributed by atoms with van der Waals surface area (Å²) in [6.07, 6.45) is 0. The number of thioether (sulfide) groups is 1. The van der Waals surface area contributed by atoms with E-state index in [4.69, 9.17) is 11.1 Å². The number of nitrogens with two attached hydrogens (primary N) is 1. The third kappa shape index (κ3) is 5.93. The van der Waals surface area contributed by atoms with Crippen molar-refractivity contribution in [2.75, 3.05) is 5.75 Å². The van der Waals surface area contributed by atoms with Gasteiger partial charge in [-0.05, 0) is 5.41 Å². The van der Waals surface area contributed by atoms with E-state index in [1.807, 2.05) is 0 Å². The zero-order chi connectivity index (χ0) is 8.91. The topological polar surface area (TPSA) is 84.0 Å². The Hall–Kier alpha value is -0.490. The molecule has 0 saturated heterocycles. The van der Waals surface area contributed by atoms with Gasteiger partial charge in [0.15, 0.2) is 15.0 Å². The van der Waals surface area contributed by atoms with Gasteiger partial charge in [-0.3, -0.25) is 5.41 Å². The molecule has 0 amide bonds. The Balaban J connectivity index is 4.04. The minimum atomic E-state index is -3.07. The lowest BCUT2D eigenvalue weighted by molar-refractivity contribution is 0.606. The van der Waals surface area contributed by atoms with Crippen LogP contribution in [0, 0.1) is 5.41 Å². The molecule has 11 heavy (non-hydrogen) atoms. The Bertz CT molecular complexity index is 256. The maximum atomic E-state index is 10.8. The molecule has 0 aliphatic heterocycles. The van der Waals surface area contributed by atoms with Crippen LogP contribution in [-0.4, -0.2) is 19.3 Å².